The van der Waals surface area contributed by atoms with Crippen LogP contribution in [0.5, 0.6) is 0 Å². The van der Waals surface area contributed by atoms with Crippen LogP contribution in [0.15, 0.2) is 16.8 Å². The molecule has 2 aliphatic rings. The lowest BCUT2D eigenvalue weighted by Gasteiger charge is -2.20. The number of nitrogens with zero attached hydrogens (tertiary/aromatic N) is 1. The van der Waals surface area contributed by atoms with Crippen LogP contribution < -0.4 is 10.6 Å². The summed E-state index contributed by atoms with van der Waals surface area (Å²) in [6, 6.07) is 0. The fourth-order valence-electron chi connectivity index (χ4n) is 2.04. The lowest BCUT2D eigenvalue weighted by Crippen LogP contribution is -2.35. The molecule has 2 N–H and O–H groups in total. The number of Topliss-reactive ketones (excluding diaryl/α,β-unsaturated/α-hetero) is 1. The van der Waals surface area contributed by atoms with Gasteiger partial charge in [0.05, 0.1) is 0 Å². The number of nitrogens with one attached hydrogen (secondary N) is 2. The van der Waals surface area contributed by atoms with Crippen molar-refractivity contribution in [3.05, 3.63) is 11.8 Å². The predicted molar refractivity (Wildman–Crippen MR) is 64.1 cm³/mol. The van der Waals surface area contributed by atoms with Gasteiger partial charge in [-0.05, 0) is 19.8 Å². The summed E-state index contributed by atoms with van der Waals surface area (Å²) in [6.07, 6.45) is 4.60. The van der Waals surface area contributed by atoms with E-state index >= 15 is 0 Å². The van der Waals surface area contributed by atoms with Crippen LogP contribution in [-0.4, -0.2) is 24.3 Å². The van der Waals surface area contributed by atoms with Crippen LogP contribution in [0.2, 0.25) is 0 Å². The molecule has 2 aliphatic heterocycles. The molecule has 4 heteroatoms. The second-order valence-electron chi connectivity index (χ2n) is 4.57. The minimum Gasteiger partial charge on any atom is -0.370 e. The Balaban J connectivity index is 2.13. The molecule has 0 radical (unpaired) electrons. The molecule has 1 saturated heterocycles. The Kier molecular flexibility index (Phi) is 3.27. The van der Waals surface area contributed by atoms with Gasteiger partial charge in [0.1, 0.15) is 17.8 Å². The summed E-state index contributed by atoms with van der Waals surface area (Å²) in [5, 5.41) is 6.47. The van der Waals surface area contributed by atoms with Crippen molar-refractivity contribution in [2.45, 2.75) is 39.3 Å². The highest BCUT2D eigenvalue weighted by molar-refractivity contribution is 5.99. The maximum atomic E-state index is 11.7. The van der Waals surface area contributed by atoms with Crippen LogP contribution in [-0.2, 0) is 4.79 Å². The summed E-state index contributed by atoms with van der Waals surface area (Å²) in [6.45, 7) is 4.73. The first-order chi connectivity index (χ1) is 7.66. The highest BCUT2D eigenvalue weighted by Gasteiger charge is 2.20. The fourth-order valence-corrected chi connectivity index (χ4v) is 2.04. The Morgan fingerprint density at radius 3 is 3.00 bits per heavy atom. The standard InChI is InChI=1S/C12H19N3O/c1-8-3-4-10-7-14-9(2)15-12(10)13-6-5-11(8)16/h7-9,14H,3-6H2,1-2H3,(H,13,15). The zero-order chi connectivity index (χ0) is 11.5. The molecule has 0 amide bonds. The van der Waals surface area contributed by atoms with Crippen LogP contribution in [0.3, 0.4) is 0 Å². The Morgan fingerprint density at radius 1 is 1.38 bits per heavy atom. The van der Waals surface area contributed by atoms with Gasteiger partial charge in [-0.1, -0.05) is 6.92 Å². The molecule has 0 spiro atoms. The van der Waals surface area contributed by atoms with Crippen LogP contribution in [0, 0.1) is 5.92 Å². The first-order valence-electron chi connectivity index (χ1n) is 5.96. The van der Waals surface area contributed by atoms with E-state index in [0.29, 0.717) is 18.7 Å². The molecular formula is C12H19N3O. The van der Waals surface area contributed by atoms with Crippen LogP contribution >= 0.6 is 0 Å². The second-order valence-corrected chi connectivity index (χ2v) is 4.57. The number of hydrogen-bond acceptors (Lipinski definition) is 4. The van der Waals surface area contributed by atoms with E-state index in [2.05, 4.69) is 15.6 Å². The van der Waals surface area contributed by atoms with Crippen molar-refractivity contribution in [1.29, 1.82) is 0 Å². The van der Waals surface area contributed by atoms with Crippen molar-refractivity contribution in [2.75, 3.05) is 6.54 Å². The Hall–Kier alpha value is -1.32. The lowest BCUT2D eigenvalue weighted by atomic mass is 9.96. The molecule has 2 unspecified atom stereocenters. The lowest BCUT2D eigenvalue weighted by molar-refractivity contribution is -0.122. The van der Waals surface area contributed by atoms with Crippen LogP contribution in [0.1, 0.15) is 33.1 Å². The number of aliphatic imine (C=N–C) groups is 1. The summed E-state index contributed by atoms with van der Waals surface area (Å²) in [7, 11) is 0. The van der Waals surface area contributed by atoms with Gasteiger partial charge in [0.15, 0.2) is 0 Å². The van der Waals surface area contributed by atoms with Crippen molar-refractivity contribution < 1.29 is 4.79 Å². The Labute approximate surface area is 96.2 Å². The van der Waals surface area contributed by atoms with Crippen molar-refractivity contribution in [3.8, 4) is 0 Å². The molecule has 88 valence electrons. The van der Waals surface area contributed by atoms with E-state index in [0.717, 1.165) is 18.7 Å². The Morgan fingerprint density at radius 2 is 2.19 bits per heavy atom. The molecule has 16 heavy (non-hydrogen) atoms. The molecule has 0 aromatic carbocycles. The van der Waals surface area contributed by atoms with Crippen LogP contribution in [0.25, 0.3) is 0 Å². The van der Waals surface area contributed by atoms with Crippen LogP contribution in [0.4, 0.5) is 0 Å². The Bertz CT molecular complexity index is 346. The molecule has 0 aliphatic carbocycles. The van der Waals surface area contributed by atoms with E-state index in [1.54, 1.807) is 0 Å². The molecule has 0 aromatic heterocycles. The van der Waals surface area contributed by atoms with Gasteiger partial charge >= 0.3 is 0 Å². The normalized spacial score (nSPS) is 30.8. The minimum atomic E-state index is 0.125. The van der Waals surface area contributed by atoms with Crippen molar-refractivity contribution >= 4 is 11.6 Å². The maximum absolute atomic E-state index is 11.7. The number of fused-ring (bicyclic) bond motifs is 1. The molecule has 0 bridgehead atoms. The molecular weight excluding hydrogens is 202 g/mol. The number of carbonyl (C=O) groups is 1. The van der Waals surface area contributed by atoms with E-state index < -0.39 is 0 Å². The second kappa shape index (κ2) is 4.68. The predicted octanol–water partition coefficient (Wildman–Crippen LogP) is 1.20. The smallest absolute Gasteiger partial charge is 0.137 e. The van der Waals surface area contributed by atoms with Gasteiger partial charge < -0.3 is 10.6 Å². The fraction of sp³-hybridized carbons (Fsp3) is 0.667. The monoisotopic (exact) mass is 221 g/mol. The largest absolute Gasteiger partial charge is 0.370 e. The molecule has 2 atom stereocenters. The van der Waals surface area contributed by atoms with Crippen molar-refractivity contribution in [1.82, 2.24) is 10.6 Å². The first-order valence-corrected chi connectivity index (χ1v) is 5.96. The average molecular weight is 221 g/mol. The van der Waals surface area contributed by atoms with Gasteiger partial charge in [0.2, 0.25) is 0 Å². The van der Waals surface area contributed by atoms with Gasteiger partial charge in [-0.3, -0.25) is 4.79 Å². The van der Waals surface area contributed by atoms with Gasteiger partial charge in [0, 0.05) is 30.7 Å². The molecule has 1 fully saturated rings. The van der Waals surface area contributed by atoms with Crippen molar-refractivity contribution in [2.24, 2.45) is 10.9 Å². The maximum Gasteiger partial charge on any atom is 0.137 e. The van der Waals surface area contributed by atoms with Gasteiger partial charge in [-0.25, -0.2) is 4.99 Å². The topological polar surface area (TPSA) is 53.5 Å². The summed E-state index contributed by atoms with van der Waals surface area (Å²) in [4.78, 5) is 16.2. The zero-order valence-electron chi connectivity index (χ0n) is 9.92. The van der Waals surface area contributed by atoms with Crippen molar-refractivity contribution in [3.63, 3.8) is 0 Å². The summed E-state index contributed by atoms with van der Waals surface area (Å²) < 4.78 is 0. The number of ketones is 1. The highest BCUT2D eigenvalue weighted by atomic mass is 16.1. The summed E-state index contributed by atoms with van der Waals surface area (Å²) in [5.74, 6) is 1.49. The minimum absolute atomic E-state index is 0.125. The van der Waals surface area contributed by atoms with Gasteiger partial charge in [-0.15, -0.1) is 0 Å². The quantitative estimate of drug-likeness (QED) is 0.646. The molecule has 0 saturated carbocycles. The third-order valence-electron chi connectivity index (χ3n) is 3.19. The highest BCUT2D eigenvalue weighted by Crippen LogP contribution is 2.18. The molecule has 2 heterocycles. The van der Waals surface area contributed by atoms with E-state index in [4.69, 9.17) is 0 Å². The van der Waals surface area contributed by atoms with E-state index in [-0.39, 0.29) is 12.1 Å². The third-order valence-corrected chi connectivity index (χ3v) is 3.19. The van der Waals surface area contributed by atoms with Gasteiger partial charge in [0.25, 0.3) is 0 Å². The average Bonchev–Trinajstić information content (AvgIpc) is 2.32. The molecule has 0 aromatic rings. The summed E-state index contributed by atoms with van der Waals surface area (Å²) in [5.41, 5.74) is 1.19. The molecule has 4 nitrogen and oxygen atoms in total. The summed E-state index contributed by atoms with van der Waals surface area (Å²) >= 11 is 0. The van der Waals surface area contributed by atoms with Gasteiger partial charge in [-0.2, -0.15) is 0 Å². The first kappa shape index (κ1) is 11.2. The number of hydrogen-bond donors (Lipinski definition) is 2. The number of amidine groups is 1. The van der Waals surface area contributed by atoms with E-state index in [9.17, 15) is 4.79 Å². The zero-order valence-corrected chi connectivity index (χ0v) is 9.92. The van der Waals surface area contributed by atoms with E-state index in [1.165, 1.54) is 5.57 Å². The molecule has 2 rings (SSSR count). The SMILES string of the molecule is CC1N=C2NCCC(=O)C(C)CCC2=CN1. The number of rotatable bonds is 0. The van der Waals surface area contributed by atoms with E-state index in [1.807, 2.05) is 20.0 Å². The number of carbonyl (C=O) groups excluding carboxylic acids is 1. The third kappa shape index (κ3) is 2.43.